The third kappa shape index (κ3) is 2.31. The maximum atomic E-state index is 12.1. The number of amides is 2. The van der Waals surface area contributed by atoms with E-state index in [-0.39, 0.29) is 30.4 Å². The molecule has 1 saturated heterocycles. The Balaban J connectivity index is 2.14. The Morgan fingerprint density at radius 3 is 2.59 bits per heavy atom. The molecule has 1 aliphatic heterocycles. The second-order valence-electron chi connectivity index (χ2n) is 5.59. The van der Waals surface area contributed by atoms with Crippen LogP contribution >= 0.6 is 0 Å². The highest BCUT2D eigenvalue weighted by atomic mass is 16.2. The first kappa shape index (κ1) is 12.4. The lowest BCUT2D eigenvalue weighted by Gasteiger charge is -2.44. The highest BCUT2D eigenvalue weighted by Gasteiger charge is 2.39. The lowest BCUT2D eigenvalue weighted by atomic mass is 9.77. The molecule has 0 bridgehead atoms. The van der Waals surface area contributed by atoms with Gasteiger partial charge < -0.3 is 10.2 Å². The predicted octanol–water partition coefficient (Wildman–Crippen LogP) is 1.16. The summed E-state index contributed by atoms with van der Waals surface area (Å²) in [5.41, 5.74) is 0. The molecule has 1 aliphatic carbocycles. The van der Waals surface area contributed by atoms with Crippen molar-refractivity contribution in [2.24, 2.45) is 11.8 Å². The molecule has 0 radical (unpaired) electrons. The normalized spacial score (nSPS) is 39.1. The van der Waals surface area contributed by atoms with Crippen LogP contribution < -0.4 is 5.32 Å². The van der Waals surface area contributed by atoms with Crippen LogP contribution in [0.4, 0.5) is 0 Å². The van der Waals surface area contributed by atoms with Crippen molar-refractivity contribution in [1.82, 2.24) is 10.2 Å². The molecule has 1 N–H and O–H groups in total. The molecule has 4 nitrogen and oxygen atoms in total. The molecule has 1 heterocycles. The minimum atomic E-state index is -0.360. The van der Waals surface area contributed by atoms with Gasteiger partial charge in [0.1, 0.15) is 6.04 Å². The average molecular weight is 238 g/mol. The molecule has 0 spiro atoms. The Labute approximate surface area is 103 Å². The first-order valence-electron chi connectivity index (χ1n) is 6.60. The summed E-state index contributed by atoms with van der Waals surface area (Å²) < 4.78 is 0. The number of nitrogens with zero attached hydrogens (tertiary/aromatic N) is 1. The van der Waals surface area contributed by atoms with Gasteiger partial charge in [-0.3, -0.25) is 9.59 Å². The number of hydrogen-bond donors (Lipinski definition) is 1. The lowest BCUT2D eigenvalue weighted by Crippen LogP contribution is -2.61. The summed E-state index contributed by atoms with van der Waals surface area (Å²) in [4.78, 5) is 25.5. The third-order valence-corrected chi connectivity index (χ3v) is 4.41. The smallest absolute Gasteiger partial charge is 0.245 e. The summed E-state index contributed by atoms with van der Waals surface area (Å²) in [6.07, 6.45) is 3.44. The van der Waals surface area contributed by atoms with Gasteiger partial charge in [-0.2, -0.15) is 0 Å². The van der Waals surface area contributed by atoms with E-state index in [1.54, 1.807) is 6.92 Å². The number of hydrogen-bond acceptors (Lipinski definition) is 2. The molecule has 2 rings (SSSR count). The van der Waals surface area contributed by atoms with Crippen LogP contribution in [-0.2, 0) is 9.59 Å². The summed E-state index contributed by atoms with van der Waals surface area (Å²) in [6.45, 7) is 6.46. The SMILES string of the molecule is CC1NC(=O)CN(C2CCCC(C)C2C)C1=O. The molecular formula is C13H22N2O2. The van der Waals surface area contributed by atoms with Crippen molar-refractivity contribution in [1.29, 1.82) is 0 Å². The molecule has 2 fully saturated rings. The Kier molecular flexibility index (Phi) is 3.40. The van der Waals surface area contributed by atoms with E-state index in [1.807, 2.05) is 4.90 Å². The van der Waals surface area contributed by atoms with Gasteiger partial charge in [0.05, 0.1) is 6.54 Å². The monoisotopic (exact) mass is 238 g/mol. The van der Waals surface area contributed by atoms with Gasteiger partial charge >= 0.3 is 0 Å². The van der Waals surface area contributed by atoms with Crippen molar-refractivity contribution in [3.05, 3.63) is 0 Å². The van der Waals surface area contributed by atoms with Crippen LogP contribution in [0.2, 0.25) is 0 Å². The van der Waals surface area contributed by atoms with Gasteiger partial charge in [0, 0.05) is 6.04 Å². The topological polar surface area (TPSA) is 49.4 Å². The second-order valence-corrected chi connectivity index (χ2v) is 5.59. The maximum Gasteiger partial charge on any atom is 0.245 e. The quantitative estimate of drug-likeness (QED) is 0.745. The van der Waals surface area contributed by atoms with Crippen LogP contribution in [-0.4, -0.2) is 35.3 Å². The Morgan fingerprint density at radius 1 is 1.18 bits per heavy atom. The molecule has 2 amide bonds. The van der Waals surface area contributed by atoms with Gasteiger partial charge in [0.25, 0.3) is 0 Å². The molecule has 4 unspecified atom stereocenters. The summed E-state index contributed by atoms with van der Waals surface area (Å²) in [5, 5.41) is 2.69. The molecule has 17 heavy (non-hydrogen) atoms. The zero-order valence-corrected chi connectivity index (χ0v) is 10.9. The van der Waals surface area contributed by atoms with Crippen molar-refractivity contribution < 1.29 is 9.59 Å². The summed E-state index contributed by atoms with van der Waals surface area (Å²) in [5.74, 6) is 1.19. The van der Waals surface area contributed by atoms with Crippen LogP contribution in [0.25, 0.3) is 0 Å². The van der Waals surface area contributed by atoms with E-state index in [4.69, 9.17) is 0 Å². The van der Waals surface area contributed by atoms with E-state index in [0.717, 1.165) is 12.8 Å². The van der Waals surface area contributed by atoms with Crippen molar-refractivity contribution >= 4 is 11.8 Å². The molecule has 4 heteroatoms. The number of carbonyl (C=O) groups excluding carboxylic acids is 2. The Hall–Kier alpha value is -1.06. The van der Waals surface area contributed by atoms with E-state index < -0.39 is 0 Å². The number of piperazine rings is 1. The zero-order chi connectivity index (χ0) is 12.6. The van der Waals surface area contributed by atoms with E-state index >= 15 is 0 Å². The Morgan fingerprint density at radius 2 is 1.88 bits per heavy atom. The fourth-order valence-electron chi connectivity index (χ4n) is 3.10. The minimum absolute atomic E-state index is 0.0254. The van der Waals surface area contributed by atoms with Crippen LogP contribution in [0.15, 0.2) is 0 Å². The minimum Gasteiger partial charge on any atom is -0.343 e. The maximum absolute atomic E-state index is 12.1. The molecule has 0 aromatic heterocycles. The van der Waals surface area contributed by atoms with Crippen LogP contribution in [0, 0.1) is 11.8 Å². The van der Waals surface area contributed by atoms with Crippen molar-refractivity contribution in [3.63, 3.8) is 0 Å². The average Bonchev–Trinajstić information content (AvgIpc) is 2.27. The summed E-state index contributed by atoms with van der Waals surface area (Å²) in [6, 6.07) is -0.111. The van der Waals surface area contributed by atoms with Gasteiger partial charge in [0.15, 0.2) is 0 Å². The van der Waals surface area contributed by atoms with Crippen molar-refractivity contribution in [2.45, 2.75) is 52.1 Å². The number of nitrogens with one attached hydrogen (secondary N) is 1. The highest BCUT2D eigenvalue weighted by molar-refractivity contribution is 5.94. The summed E-state index contributed by atoms with van der Waals surface area (Å²) in [7, 11) is 0. The first-order valence-corrected chi connectivity index (χ1v) is 6.60. The number of rotatable bonds is 1. The first-order chi connectivity index (χ1) is 8.00. The highest BCUT2D eigenvalue weighted by Crippen LogP contribution is 2.33. The zero-order valence-electron chi connectivity index (χ0n) is 10.9. The van der Waals surface area contributed by atoms with Gasteiger partial charge in [-0.25, -0.2) is 0 Å². The van der Waals surface area contributed by atoms with Crippen molar-refractivity contribution in [3.8, 4) is 0 Å². The van der Waals surface area contributed by atoms with Gasteiger partial charge in [-0.05, 0) is 25.2 Å². The van der Waals surface area contributed by atoms with Crippen LogP contribution in [0.5, 0.6) is 0 Å². The Bertz CT molecular complexity index is 329. The van der Waals surface area contributed by atoms with Crippen LogP contribution in [0.1, 0.15) is 40.0 Å². The molecule has 0 aromatic carbocycles. The standard InChI is InChI=1S/C13H22N2O2/c1-8-5-4-6-11(9(8)2)15-7-12(16)14-10(3)13(15)17/h8-11H,4-7H2,1-3H3,(H,14,16). The van der Waals surface area contributed by atoms with Gasteiger partial charge in [-0.15, -0.1) is 0 Å². The molecule has 4 atom stereocenters. The molecule has 1 saturated carbocycles. The lowest BCUT2D eigenvalue weighted by molar-refractivity contribution is -0.148. The van der Waals surface area contributed by atoms with Gasteiger partial charge in [-0.1, -0.05) is 26.7 Å². The molecule has 2 aliphatic rings. The van der Waals surface area contributed by atoms with Crippen LogP contribution in [0.3, 0.4) is 0 Å². The van der Waals surface area contributed by atoms with Gasteiger partial charge in [0.2, 0.25) is 11.8 Å². The molecular weight excluding hydrogens is 216 g/mol. The largest absolute Gasteiger partial charge is 0.343 e. The van der Waals surface area contributed by atoms with E-state index in [9.17, 15) is 9.59 Å². The summed E-state index contributed by atoms with van der Waals surface area (Å²) >= 11 is 0. The third-order valence-electron chi connectivity index (χ3n) is 4.41. The number of carbonyl (C=O) groups is 2. The van der Waals surface area contributed by atoms with Crippen molar-refractivity contribution in [2.75, 3.05) is 6.54 Å². The molecule has 96 valence electrons. The molecule has 0 aromatic rings. The fourth-order valence-corrected chi connectivity index (χ4v) is 3.10. The second kappa shape index (κ2) is 4.67. The van der Waals surface area contributed by atoms with E-state index in [1.165, 1.54) is 6.42 Å². The van der Waals surface area contributed by atoms with E-state index in [2.05, 4.69) is 19.2 Å². The van der Waals surface area contributed by atoms with E-state index in [0.29, 0.717) is 11.8 Å². The fraction of sp³-hybridized carbons (Fsp3) is 0.846. The predicted molar refractivity (Wildman–Crippen MR) is 65.3 cm³/mol.